The molecule has 8 heavy (non-hydrogen) atoms. The van der Waals surface area contributed by atoms with Crippen molar-refractivity contribution in [3.05, 3.63) is 12.2 Å². The Labute approximate surface area is 50.6 Å². The van der Waals surface area contributed by atoms with Gasteiger partial charge in [-0.2, -0.15) is 0 Å². The van der Waals surface area contributed by atoms with Gasteiger partial charge >= 0.3 is 0 Å². The highest BCUT2D eigenvalue weighted by molar-refractivity contribution is 5.10. The molecule has 0 heterocycles. The van der Waals surface area contributed by atoms with Crippen molar-refractivity contribution in [2.45, 2.75) is 25.7 Å². The third-order valence-corrected chi connectivity index (χ3v) is 1.33. The predicted molar refractivity (Wildman–Crippen MR) is 35.4 cm³/mol. The van der Waals surface area contributed by atoms with Crippen molar-refractivity contribution in [3.8, 4) is 11.8 Å². The molecule has 0 saturated carbocycles. The number of hydrogen-bond donors (Lipinski definition) is 0. The lowest BCUT2D eigenvalue weighted by atomic mass is 10.1. The van der Waals surface area contributed by atoms with Gasteiger partial charge < -0.3 is 0 Å². The molecule has 42 valence electrons. The quantitative estimate of drug-likeness (QED) is 0.328. The van der Waals surface area contributed by atoms with E-state index in [1.54, 1.807) is 0 Å². The summed E-state index contributed by atoms with van der Waals surface area (Å²) in [6, 6.07) is 0. The van der Waals surface area contributed by atoms with Crippen LogP contribution in [0.5, 0.6) is 0 Å². The number of hydrogen-bond acceptors (Lipinski definition) is 0. The van der Waals surface area contributed by atoms with Crippen LogP contribution < -0.4 is 0 Å². The van der Waals surface area contributed by atoms with Crippen LogP contribution in [0.4, 0.5) is 0 Å². The van der Waals surface area contributed by atoms with Crippen molar-refractivity contribution in [3.63, 3.8) is 0 Å². The second-order valence-corrected chi connectivity index (χ2v) is 2.10. The molecule has 0 unspecified atom stereocenters. The van der Waals surface area contributed by atoms with Crippen molar-refractivity contribution in [1.29, 1.82) is 0 Å². The summed E-state index contributed by atoms with van der Waals surface area (Å²) in [7, 11) is 0. The number of allylic oxidation sites excluding steroid dienone is 1. The van der Waals surface area contributed by atoms with Crippen LogP contribution >= 0.6 is 0 Å². The molecule has 0 aliphatic heterocycles. The summed E-state index contributed by atoms with van der Waals surface area (Å²) in [5.41, 5.74) is 1.35. The lowest BCUT2D eigenvalue weighted by Crippen LogP contribution is -1.75. The second-order valence-electron chi connectivity index (χ2n) is 2.10. The molecule has 0 aromatic rings. The zero-order valence-corrected chi connectivity index (χ0v) is 5.04. The molecule has 0 nitrogen and oxygen atoms in total. The predicted octanol–water partition coefficient (Wildman–Crippen LogP) is 2.12. The van der Waals surface area contributed by atoms with E-state index in [1.807, 2.05) is 0 Å². The van der Waals surface area contributed by atoms with Crippen LogP contribution in [-0.2, 0) is 0 Å². The van der Waals surface area contributed by atoms with E-state index in [0.29, 0.717) is 0 Å². The van der Waals surface area contributed by atoms with Gasteiger partial charge in [-0.3, -0.25) is 0 Å². The van der Waals surface area contributed by atoms with Crippen molar-refractivity contribution in [2.75, 3.05) is 0 Å². The Morgan fingerprint density at radius 2 is 1.62 bits per heavy atom. The average molecular weight is 106 g/mol. The standard InChI is InChI=1S/C8H10/c1-8-6-4-2-3-5-7-8/h1,4-7H2. The third-order valence-electron chi connectivity index (χ3n) is 1.33. The van der Waals surface area contributed by atoms with Crippen LogP contribution in [0.15, 0.2) is 12.2 Å². The normalized spacial score (nSPS) is 18.8. The molecule has 1 aliphatic rings. The van der Waals surface area contributed by atoms with Crippen LogP contribution in [0, 0.1) is 11.8 Å². The van der Waals surface area contributed by atoms with E-state index in [1.165, 1.54) is 5.57 Å². The minimum absolute atomic E-state index is 1.03. The monoisotopic (exact) mass is 106 g/mol. The average Bonchev–Trinajstić information content (AvgIpc) is 1.94. The van der Waals surface area contributed by atoms with Gasteiger partial charge in [0.05, 0.1) is 0 Å². The van der Waals surface area contributed by atoms with Gasteiger partial charge in [-0.25, -0.2) is 0 Å². The minimum Gasteiger partial charge on any atom is -0.103 e. The highest BCUT2D eigenvalue weighted by atomic mass is 14.0. The Hall–Kier alpha value is -0.700. The van der Waals surface area contributed by atoms with Crippen molar-refractivity contribution < 1.29 is 0 Å². The molecule has 1 rings (SSSR count). The van der Waals surface area contributed by atoms with Gasteiger partial charge in [0.25, 0.3) is 0 Å². The second kappa shape index (κ2) is 2.57. The molecule has 0 fully saturated rings. The summed E-state index contributed by atoms with van der Waals surface area (Å²) in [5.74, 6) is 6.13. The first kappa shape index (κ1) is 5.44. The van der Waals surface area contributed by atoms with Gasteiger partial charge in [-0.05, 0) is 12.8 Å². The van der Waals surface area contributed by atoms with E-state index < -0.39 is 0 Å². The van der Waals surface area contributed by atoms with Gasteiger partial charge in [0.2, 0.25) is 0 Å². The van der Waals surface area contributed by atoms with E-state index in [0.717, 1.165) is 25.7 Å². The molecule has 0 N–H and O–H groups in total. The molecule has 0 amide bonds. The first-order valence-corrected chi connectivity index (χ1v) is 3.02. The summed E-state index contributed by atoms with van der Waals surface area (Å²) in [4.78, 5) is 0. The van der Waals surface area contributed by atoms with E-state index >= 15 is 0 Å². The van der Waals surface area contributed by atoms with Crippen LogP contribution in [-0.4, -0.2) is 0 Å². The molecule has 0 radical (unpaired) electrons. The maximum atomic E-state index is 3.89. The zero-order valence-electron chi connectivity index (χ0n) is 5.04. The molecular formula is C8H10. The van der Waals surface area contributed by atoms with Crippen molar-refractivity contribution in [1.82, 2.24) is 0 Å². The smallest absolute Gasteiger partial charge is 0.0126 e. The maximum absolute atomic E-state index is 3.89. The highest BCUT2D eigenvalue weighted by Gasteiger charge is 1.93. The van der Waals surface area contributed by atoms with Crippen LogP contribution in [0.1, 0.15) is 25.7 Å². The summed E-state index contributed by atoms with van der Waals surface area (Å²) in [6.07, 6.45) is 4.29. The first-order chi connectivity index (χ1) is 3.89. The summed E-state index contributed by atoms with van der Waals surface area (Å²) in [6.45, 7) is 3.89. The van der Waals surface area contributed by atoms with Gasteiger partial charge in [-0.15, -0.1) is 11.8 Å². The summed E-state index contributed by atoms with van der Waals surface area (Å²) >= 11 is 0. The van der Waals surface area contributed by atoms with Crippen LogP contribution in [0.25, 0.3) is 0 Å². The fourth-order valence-electron chi connectivity index (χ4n) is 0.780. The Morgan fingerprint density at radius 1 is 1.12 bits per heavy atom. The van der Waals surface area contributed by atoms with Gasteiger partial charge in [0.15, 0.2) is 0 Å². The minimum atomic E-state index is 1.03. The molecule has 0 aromatic carbocycles. The zero-order chi connectivity index (χ0) is 5.82. The summed E-state index contributed by atoms with van der Waals surface area (Å²) < 4.78 is 0. The Kier molecular flexibility index (Phi) is 1.75. The fraction of sp³-hybridized carbons (Fsp3) is 0.500. The largest absolute Gasteiger partial charge is 0.103 e. The Balaban J connectivity index is 2.43. The van der Waals surface area contributed by atoms with Crippen LogP contribution in [0.3, 0.4) is 0 Å². The van der Waals surface area contributed by atoms with Gasteiger partial charge in [-0.1, -0.05) is 12.2 Å². The van der Waals surface area contributed by atoms with Gasteiger partial charge in [0, 0.05) is 12.8 Å². The molecule has 0 heteroatoms. The summed E-state index contributed by atoms with van der Waals surface area (Å²) in [5, 5.41) is 0. The highest BCUT2D eigenvalue weighted by Crippen LogP contribution is 2.10. The van der Waals surface area contributed by atoms with E-state index in [-0.39, 0.29) is 0 Å². The molecular weight excluding hydrogens is 96.1 g/mol. The van der Waals surface area contributed by atoms with E-state index in [9.17, 15) is 0 Å². The molecule has 0 spiro atoms. The van der Waals surface area contributed by atoms with E-state index in [2.05, 4.69) is 18.4 Å². The van der Waals surface area contributed by atoms with Gasteiger partial charge in [0.1, 0.15) is 0 Å². The Morgan fingerprint density at radius 3 is 2.12 bits per heavy atom. The lowest BCUT2D eigenvalue weighted by Gasteiger charge is -1.93. The maximum Gasteiger partial charge on any atom is 0.0126 e. The Bertz CT molecular complexity index is 129. The SMILES string of the molecule is C=C1CCC#CCC1. The first-order valence-electron chi connectivity index (χ1n) is 3.02. The van der Waals surface area contributed by atoms with E-state index in [4.69, 9.17) is 0 Å². The molecule has 0 atom stereocenters. The topological polar surface area (TPSA) is 0 Å². The third kappa shape index (κ3) is 1.42. The van der Waals surface area contributed by atoms with Crippen LogP contribution in [0.2, 0.25) is 0 Å². The lowest BCUT2D eigenvalue weighted by molar-refractivity contribution is 0.911. The van der Waals surface area contributed by atoms with Crippen molar-refractivity contribution >= 4 is 0 Å². The van der Waals surface area contributed by atoms with Crippen molar-refractivity contribution in [2.24, 2.45) is 0 Å². The number of rotatable bonds is 0. The molecule has 1 aliphatic carbocycles. The fourth-order valence-corrected chi connectivity index (χ4v) is 0.780. The molecule has 0 bridgehead atoms. The molecule has 0 saturated heterocycles. The molecule has 0 aromatic heterocycles.